The maximum absolute atomic E-state index is 13.8. The van der Waals surface area contributed by atoms with E-state index in [-0.39, 0.29) is 46.1 Å². The van der Waals surface area contributed by atoms with E-state index in [9.17, 15) is 66.1 Å². The second kappa shape index (κ2) is 19.6. The Morgan fingerprint density at radius 3 is 1.86 bits per heavy atom. The molecule has 0 aromatic heterocycles. The van der Waals surface area contributed by atoms with Gasteiger partial charge in [-0.3, -0.25) is 4.79 Å². The Bertz CT molecular complexity index is 2090. The molecule has 12 N–H and O–H groups in total. The summed E-state index contributed by atoms with van der Waals surface area (Å²) in [5.74, 6) is -0.131. The lowest BCUT2D eigenvalue weighted by Crippen LogP contribution is -2.68. The maximum Gasteiger partial charge on any atom is 0.315 e. The maximum atomic E-state index is 13.8. The fraction of sp³-hybridized carbons (Fsp3) is 0.942. The van der Waals surface area contributed by atoms with Crippen molar-refractivity contribution >= 4 is 5.97 Å². The van der Waals surface area contributed by atoms with Gasteiger partial charge in [0, 0.05) is 11.8 Å². The van der Waals surface area contributed by atoms with Gasteiger partial charge in [0.25, 0.3) is 0 Å². The number of rotatable bonds is 11. The second-order valence-electron chi connectivity index (χ2n) is 25.6. The number of aliphatic hydroxyl groups is 12. The largest absolute Gasteiger partial charge is 0.461 e. The minimum Gasteiger partial charge on any atom is -0.461 e. The van der Waals surface area contributed by atoms with Crippen molar-refractivity contribution in [2.45, 2.75) is 229 Å². The van der Waals surface area contributed by atoms with E-state index in [2.05, 4.69) is 54.5 Å². The average Bonchev–Trinajstić information content (AvgIpc) is 3.82. The number of carbonyl (C=O) groups is 1. The number of fused-ring (bicyclic) bond motifs is 7. The van der Waals surface area contributed by atoms with Crippen LogP contribution in [0.2, 0.25) is 0 Å². The standard InChI is InChI=1S/C52H82O22/c1-47(2)14-22-21-8-9-28-49(5)12-11-30(48(3,4)27(49)10-13-50(28,6)51(21,7)15-29(56)52(22)16-31(47)72-46(52)65)71-45-41(74-43-39(64)36(61)33(58)24(17-53)68-43)37(62)35(60)26(70-45)20-67-44-40(32(57)23(55)19-66-44)73-42-38(63)34(59)25(18-54)69-42/h8,22-45,53-64H,9-20H2,1-7H3/t22-,23-,24+,25+,26+,27-,28+,29+,30-,31-,32-,33+,34-,35+,36-,37-,38+,39+,40+,41+,42-,43-,44-,45-,49-,50+,51+,52+/m0/s1. The Balaban J connectivity index is 0.903. The number of allylic oxidation sites excluding steroid dienone is 2. The molecule has 10 rings (SSSR count). The number of esters is 1. The van der Waals surface area contributed by atoms with E-state index < -0.39 is 165 Å². The quantitative estimate of drug-likeness (QED) is 0.0619. The molecule has 0 aromatic carbocycles. The molecule has 422 valence electrons. The Kier molecular flexibility index (Phi) is 14.8. The highest BCUT2D eigenvalue weighted by Crippen LogP contribution is 2.77. The van der Waals surface area contributed by atoms with Gasteiger partial charge in [0.2, 0.25) is 0 Å². The van der Waals surface area contributed by atoms with Crippen molar-refractivity contribution in [1.82, 2.24) is 0 Å². The van der Waals surface area contributed by atoms with Crippen LogP contribution < -0.4 is 0 Å². The number of hydrogen-bond donors (Lipinski definition) is 12. The van der Waals surface area contributed by atoms with Gasteiger partial charge in [-0.15, -0.1) is 0 Å². The minimum absolute atomic E-state index is 0.0748. The molecule has 5 aliphatic heterocycles. The molecule has 0 unspecified atom stereocenters. The first-order valence-electron chi connectivity index (χ1n) is 26.8. The minimum atomic E-state index is -1.88. The first-order valence-corrected chi connectivity index (χ1v) is 26.8. The third-order valence-electron chi connectivity index (χ3n) is 21.1. The van der Waals surface area contributed by atoms with Crippen molar-refractivity contribution in [2.24, 2.45) is 50.2 Å². The monoisotopic (exact) mass is 1060 g/mol. The summed E-state index contributed by atoms with van der Waals surface area (Å²) >= 11 is 0. The summed E-state index contributed by atoms with van der Waals surface area (Å²) in [5.41, 5.74) is -1.34. The molecule has 28 atom stereocenters. The molecule has 0 amide bonds. The third kappa shape index (κ3) is 8.36. The van der Waals surface area contributed by atoms with Gasteiger partial charge in [-0.05, 0) is 84.4 Å². The Morgan fingerprint density at radius 1 is 0.622 bits per heavy atom. The lowest BCUT2D eigenvalue weighted by molar-refractivity contribution is -0.382. The van der Waals surface area contributed by atoms with Gasteiger partial charge in [0.05, 0.1) is 38.6 Å². The van der Waals surface area contributed by atoms with E-state index in [0.29, 0.717) is 19.3 Å². The van der Waals surface area contributed by atoms with Gasteiger partial charge in [0.15, 0.2) is 25.2 Å². The van der Waals surface area contributed by atoms with Crippen LogP contribution in [0.15, 0.2) is 11.6 Å². The van der Waals surface area contributed by atoms with Crippen LogP contribution >= 0.6 is 0 Å². The van der Waals surface area contributed by atoms with Crippen molar-refractivity contribution in [3.05, 3.63) is 11.6 Å². The molecule has 10 aliphatic rings. The third-order valence-corrected chi connectivity index (χ3v) is 21.1. The number of ether oxygens (including phenoxy) is 9. The summed E-state index contributed by atoms with van der Waals surface area (Å²) in [5, 5.41) is 130. The van der Waals surface area contributed by atoms with Crippen molar-refractivity contribution in [1.29, 1.82) is 0 Å². The summed E-state index contributed by atoms with van der Waals surface area (Å²) in [6, 6.07) is 0. The van der Waals surface area contributed by atoms with Crippen LogP contribution in [0, 0.1) is 50.2 Å². The van der Waals surface area contributed by atoms with E-state index in [4.69, 9.17) is 42.6 Å². The van der Waals surface area contributed by atoms with Crippen molar-refractivity contribution < 1.29 is 109 Å². The first kappa shape index (κ1) is 55.7. The molecular formula is C52H82O22. The highest BCUT2D eigenvalue weighted by atomic mass is 16.8. The lowest BCUT2D eigenvalue weighted by atomic mass is 9.33. The molecule has 9 fully saturated rings. The van der Waals surface area contributed by atoms with Crippen LogP contribution in [0.5, 0.6) is 0 Å². The van der Waals surface area contributed by atoms with Crippen LogP contribution in [0.25, 0.3) is 0 Å². The predicted molar refractivity (Wildman–Crippen MR) is 250 cm³/mol. The molecule has 5 aliphatic carbocycles. The van der Waals surface area contributed by atoms with Crippen LogP contribution in [0.3, 0.4) is 0 Å². The van der Waals surface area contributed by atoms with Gasteiger partial charge >= 0.3 is 5.97 Å². The molecule has 22 heteroatoms. The Morgan fingerprint density at radius 2 is 1.22 bits per heavy atom. The molecule has 0 radical (unpaired) electrons. The average molecular weight is 1060 g/mol. The fourth-order valence-corrected chi connectivity index (χ4v) is 16.5. The molecule has 74 heavy (non-hydrogen) atoms. The SMILES string of the molecule is CC1(C)C[C@H]2C3=CC[C@@H]4[C@@]5(C)CC[C@H](O[C@@H]6O[C@H](CO[C@@H]7OC[C@H](O)[C@H](O)[C@H]7O[C@@H]7O[C@H](CO)[C@H](O)[C@H]7O)[C@@H](O)[C@H](O)[C@H]6O[C@@H]6O[C@H](CO)[C@@H](O)[C@H](O)[C@H]6O)C(C)(C)[C@@H]5CC[C@@]4(C)[C@]3(C)C[C@@H](O)[C@@]23C[C@@H]1OC3=O. The lowest BCUT2D eigenvalue weighted by Gasteiger charge is -2.71. The van der Waals surface area contributed by atoms with E-state index in [1.807, 2.05) is 0 Å². The van der Waals surface area contributed by atoms with Crippen LogP contribution in [-0.4, -0.2) is 223 Å². The summed E-state index contributed by atoms with van der Waals surface area (Å²) in [7, 11) is 0. The summed E-state index contributed by atoms with van der Waals surface area (Å²) < 4.78 is 54.3. The molecule has 2 bridgehead atoms. The van der Waals surface area contributed by atoms with E-state index in [1.54, 1.807) is 0 Å². The second-order valence-corrected chi connectivity index (χ2v) is 25.6. The van der Waals surface area contributed by atoms with Gasteiger partial charge < -0.3 is 104 Å². The normalized spacial score (nSPS) is 55.6. The molecule has 1 spiro atoms. The van der Waals surface area contributed by atoms with Crippen LogP contribution in [0.1, 0.15) is 99.8 Å². The topological polar surface area (TPSA) is 343 Å². The summed E-state index contributed by atoms with van der Waals surface area (Å²) in [4.78, 5) is 13.8. The number of hydrogen-bond acceptors (Lipinski definition) is 22. The van der Waals surface area contributed by atoms with E-state index in [0.717, 1.165) is 32.1 Å². The van der Waals surface area contributed by atoms with E-state index in [1.165, 1.54) is 5.57 Å². The molecule has 4 saturated carbocycles. The number of aliphatic hydroxyl groups excluding tert-OH is 12. The zero-order chi connectivity index (χ0) is 53.6. The Hall–Kier alpha value is -1.59. The molecule has 5 saturated heterocycles. The van der Waals surface area contributed by atoms with Crippen molar-refractivity contribution in [2.75, 3.05) is 26.4 Å². The zero-order valence-corrected chi connectivity index (χ0v) is 43.4. The van der Waals surface area contributed by atoms with Gasteiger partial charge in [-0.1, -0.05) is 60.1 Å². The highest BCUT2D eigenvalue weighted by molar-refractivity contribution is 5.82. The van der Waals surface area contributed by atoms with Crippen molar-refractivity contribution in [3.8, 4) is 0 Å². The van der Waals surface area contributed by atoms with Crippen LogP contribution in [-0.2, 0) is 47.4 Å². The molecule has 22 nitrogen and oxygen atoms in total. The number of carbonyl (C=O) groups excluding carboxylic acids is 1. The summed E-state index contributed by atoms with van der Waals surface area (Å²) in [6.07, 6.45) is -22.8. The van der Waals surface area contributed by atoms with Crippen LogP contribution in [0.4, 0.5) is 0 Å². The molecule has 5 heterocycles. The Labute approximate surface area is 430 Å². The van der Waals surface area contributed by atoms with Gasteiger partial charge in [-0.2, -0.15) is 0 Å². The first-order chi connectivity index (χ1) is 34.7. The smallest absolute Gasteiger partial charge is 0.315 e. The van der Waals surface area contributed by atoms with E-state index >= 15 is 0 Å². The van der Waals surface area contributed by atoms with Gasteiger partial charge in [0.1, 0.15) is 97.0 Å². The summed E-state index contributed by atoms with van der Waals surface area (Å²) in [6.45, 7) is 13.3. The molecule has 0 aromatic rings. The molecular weight excluding hydrogens is 977 g/mol. The highest BCUT2D eigenvalue weighted by Gasteiger charge is 2.75. The fourth-order valence-electron chi connectivity index (χ4n) is 16.5. The zero-order valence-electron chi connectivity index (χ0n) is 43.4. The predicted octanol–water partition coefficient (Wildman–Crippen LogP) is -1.77. The van der Waals surface area contributed by atoms with Gasteiger partial charge in [-0.25, -0.2) is 0 Å². The van der Waals surface area contributed by atoms with Crippen molar-refractivity contribution in [3.63, 3.8) is 0 Å².